The fourth-order valence-electron chi connectivity index (χ4n) is 2.35. The molecule has 0 saturated carbocycles. The Labute approximate surface area is 163 Å². The van der Waals surface area contributed by atoms with Gasteiger partial charge in [-0.1, -0.05) is 39.8 Å². The summed E-state index contributed by atoms with van der Waals surface area (Å²) in [5, 5.41) is 0.353. The van der Waals surface area contributed by atoms with Crippen molar-refractivity contribution in [1.29, 1.82) is 0 Å². The Balaban J connectivity index is 0.000000622. The van der Waals surface area contributed by atoms with E-state index in [1.807, 2.05) is 39.8 Å². The second-order valence-electron chi connectivity index (χ2n) is 5.25. The third-order valence-electron chi connectivity index (χ3n) is 3.70. The van der Waals surface area contributed by atoms with Gasteiger partial charge in [-0.25, -0.2) is 0 Å². The second kappa shape index (κ2) is 11.5. The van der Waals surface area contributed by atoms with Gasteiger partial charge in [0.15, 0.2) is 0 Å². The fourth-order valence-corrected chi connectivity index (χ4v) is 2.35. The molecule has 0 radical (unpaired) electrons. The van der Waals surface area contributed by atoms with E-state index in [4.69, 9.17) is 5.84 Å². The molecule has 3 aromatic rings. The Hall–Kier alpha value is -3.22. The lowest BCUT2D eigenvalue weighted by molar-refractivity contribution is 0.856. The highest BCUT2D eigenvalue weighted by atomic mass is 16.2. The minimum absolute atomic E-state index is 0.0534. The molecule has 2 aromatic heterocycles. The SMILES string of the molecule is C=CCCC=C.CC.CC.Cn1c(=O)c2cc3c(=O)n(N)c(=O)c3cc2c1=O. The van der Waals surface area contributed by atoms with E-state index in [1.54, 1.807) is 0 Å². The van der Waals surface area contributed by atoms with E-state index in [1.165, 1.54) is 19.2 Å². The highest BCUT2D eigenvalue weighted by Crippen LogP contribution is 2.13. The van der Waals surface area contributed by atoms with Gasteiger partial charge in [0.05, 0.1) is 21.5 Å². The van der Waals surface area contributed by atoms with Gasteiger partial charge in [-0.3, -0.25) is 23.7 Å². The van der Waals surface area contributed by atoms with Crippen LogP contribution < -0.4 is 28.1 Å². The molecule has 0 amide bonds. The summed E-state index contributed by atoms with van der Waals surface area (Å²) in [6.07, 6.45) is 5.90. The largest absolute Gasteiger partial charge is 0.333 e. The summed E-state index contributed by atoms with van der Waals surface area (Å²) in [5.74, 6) is 5.28. The van der Waals surface area contributed by atoms with Crippen molar-refractivity contribution in [2.45, 2.75) is 40.5 Å². The standard InChI is InChI=1S/C11H7N3O4.C6H10.2C2H6/c1-13-8(15)4-2-6-7(3-5(4)9(13)16)11(18)14(12)10(6)17;1-3-5-6-4-2;2*1-2/h2-3H,12H2,1H3;3-4H,1-2,5-6H2;2*1-2H3. The first kappa shape index (κ1) is 24.8. The molecule has 0 spiro atoms. The molecule has 28 heavy (non-hydrogen) atoms. The molecule has 3 rings (SSSR count). The molecule has 2 N–H and O–H groups in total. The van der Waals surface area contributed by atoms with Crippen LogP contribution in [0.3, 0.4) is 0 Å². The summed E-state index contributed by atoms with van der Waals surface area (Å²) in [4.78, 5) is 46.8. The minimum Gasteiger partial charge on any atom is -0.333 e. The van der Waals surface area contributed by atoms with E-state index in [9.17, 15) is 19.2 Å². The summed E-state index contributed by atoms with van der Waals surface area (Å²) >= 11 is 0. The molecule has 0 bridgehead atoms. The third-order valence-corrected chi connectivity index (χ3v) is 3.70. The van der Waals surface area contributed by atoms with Crippen molar-refractivity contribution >= 4 is 21.5 Å². The minimum atomic E-state index is -0.674. The molecular formula is C21H29N3O4. The molecule has 152 valence electrons. The molecule has 0 unspecified atom stereocenters. The first-order valence-electron chi connectivity index (χ1n) is 9.20. The monoisotopic (exact) mass is 387 g/mol. The number of benzene rings is 1. The van der Waals surface area contributed by atoms with Gasteiger partial charge in [0, 0.05) is 7.05 Å². The average Bonchev–Trinajstić information content (AvgIpc) is 3.09. The normalized spacial score (nSPS) is 9.46. The van der Waals surface area contributed by atoms with Crippen LogP contribution in [0.2, 0.25) is 0 Å². The van der Waals surface area contributed by atoms with Crippen LogP contribution in [0.4, 0.5) is 0 Å². The van der Waals surface area contributed by atoms with Crippen molar-refractivity contribution in [3.05, 3.63) is 78.9 Å². The van der Waals surface area contributed by atoms with E-state index in [-0.39, 0.29) is 21.5 Å². The maximum atomic E-state index is 11.7. The number of rotatable bonds is 3. The van der Waals surface area contributed by atoms with Crippen LogP contribution in [0.5, 0.6) is 0 Å². The van der Waals surface area contributed by atoms with Crippen molar-refractivity contribution in [3.8, 4) is 0 Å². The van der Waals surface area contributed by atoms with Crippen molar-refractivity contribution in [2.24, 2.45) is 7.05 Å². The number of nitrogen functional groups attached to an aromatic ring is 1. The fraction of sp³-hybridized carbons (Fsp3) is 0.333. The number of nitrogens with zero attached hydrogens (tertiary/aromatic N) is 2. The number of allylic oxidation sites excluding steroid dienone is 2. The molecule has 0 aliphatic heterocycles. The van der Waals surface area contributed by atoms with E-state index >= 15 is 0 Å². The molecule has 0 atom stereocenters. The van der Waals surface area contributed by atoms with Crippen molar-refractivity contribution < 1.29 is 0 Å². The van der Waals surface area contributed by atoms with E-state index < -0.39 is 22.2 Å². The van der Waals surface area contributed by atoms with Crippen LogP contribution in [0.25, 0.3) is 21.5 Å². The molecule has 0 saturated heterocycles. The topological polar surface area (TPSA) is 104 Å². The first-order valence-corrected chi connectivity index (χ1v) is 9.20. The summed E-state index contributed by atoms with van der Waals surface area (Å²) in [6, 6.07) is 2.50. The highest BCUT2D eigenvalue weighted by Gasteiger charge is 2.16. The Morgan fingerprint density at radius 3 is 1.32 bits per heavy atom. The Morgan fingerprint density at radius 1 is 0.750 bits per heavy atom. The van der Waals surface area contributed by atoms with Crippen LogP contribution in [-0.4, -0.2) is 9.24 Å². The van der Waals surface area contributed by atoms with Gasteiger partial charge < -0.3 is 5.84 Å². The number of aromatic nitrogens is 2. The maximum Gasteiger partial charge on any atom is 0.280 e. The molecule has 7 nitrogen and oxygen atoms in total. The zero-order valence-electron chi connectivity index (χ0n) is 17.2. The van der Waals surface area contributed by atoms with Crippen LogP contribution in [0, 0.1) is 0 Å². The van der Waals surface area contributed by atoms with Gasteiger partial charge in [0.25, 0.3) is 22.2 Å². The van der Waals surface area contributed by atoms with Crippen LogP contribution in [0.15, 0.2) is 56.6 Å². The van der Waals surface area contributed by atoms with Crippen molar-refractivity contribution in [2.75, 3.05) is 5.84 Å². The average molecular weight is 387 g/mol. The molecular weight excluding hydrogens is 358 g/mol. The number of fused-ring (bicyclic) bond motifs is 2. The van der Waals surface area contributed by atoms with Gasteiger partial charge >= 0.3 is 0 Å². The van der Waals surface area contributed by atoms with E-state index in [0.29, 0.717) is 4.68 Å². The summed E-state index contributed by atoms with van der Waals surface area (Å²) in [5.41, 5.74) is -2.33. The Bertz CT molecular complexity index is 976. The summed E-state index contributed by atoms with van der Waals surface area (Å²) in [6.45, 7) is 15.1. The predicted octanol–water partition coefficient (Wildman–Crippen LogP) is 2.35. The van der Waals surface area contributed by atoms with Gasteiger partial charge in [-0.2, -0.15) is 4.68 Å². The van der Waals surface area contributed by atoms with Crippen LogP contribution in [0.1, 0.15) is 40.5 Å². The zero-order valence-corrected chi connectivity index (χ0v) is 17.2. The lowest BCUT2D eigenvalue weighted by atomic mass is 10.1. The highest BCUT2D eigenvalue weighted by molar-refractivity contribution is 5.97. The lowest BCUT2D eigenvalue weighted by Gasteiger charge is -1.86. The Morgan fingerprint density at radius 2 is 1.04 bits per heavy atom. The molecule has 1 aromatic carbocycles. The molecule has 2 heterocycles. The molecule has 0 aliphatic carbocycles. The summed E-state index contributed by atoms with van der Waals surface area (Å²) < 4.78 is 1.41. The maximum absolute atomic E-state index is 11.7. The number of hydrogen-bond acceptors (Lipinski definition) is 5. The van der Waals surface area contributed by atoms with Crippen LogP contribution in [-0.2, 0) is 7.05 Å². The van der Waals surface area contributed by atoms with Crippen LogP contribution >= 0.6 is 0 Å². The molecule has 0 aliphatic rings. The van der Waals surface area contributed by atoms with Crippen molar-refractivity contribution in [3.63, 3.8) is 0 Å². The zero-order chi connectivity index (χ0) is 22.0. The lowest BCUT2D eigenvalue weighted by Crippen LogP contribution is -2.32. The van der Waals surface area contributed by atoms with Gasteiger partial charge in [0.2, 0.25) is 0 Å². The van der Waals surface area contributed by atoms with E-state index in [0.717, 1.165) is 17.4 Å². The quantitative estimate of drug-likeness (QED) is 0.422. The predicted molar refractivity (Wildman–Crippen MR) is 118 cm³/mol. The summed E-state index contributed by atoms with van der Waals surface area (Å²) in [7, 11) is 1.34. The number of hydrogen-bond donors (Lipinski definition) is 1. The van der Waals surface area contributed by atoms with E-state index in [2.05, 4.69) is 13.2 Å². The smallest absolute Gasteiger partial charge is 0.280 e. The molecule has 0 fully saturated rings. The molecule has 7 heteroatoms. The first-order chi connectivity index (χ1) is 13.3. The van der Waals surface area contributed by atoms with Gasteiger partial charge in [-0.15, -0.1) is 13.2 Å². The number of unbranched alkanes of at least 4 members (excludes halogenated alkanes) is 1. The second-order valence-corrected chi connectivity index (χ2v) is 5.25. The van der Waals surface area contributed by atoms with Crippen molar-refractivity contribution in [1.82, 2.24) is 9.24 Å². The third kappa shape index (κ3) is 4.73. The van der Waals surface area contributed by atoms with Gasteiger partial charge in [-0.05, 0) is 25.0 Å². The Kier molecular flexibility index (Phi) is 10.2. The number of nitrogens with two attached hydrogens (primary N) is 1. The van der Waals surface area contributed by atoms with Gasteiger partial charge in [0.1, 0.15) is 0 Å².